The standard InChI is InChI=1S/C19H22Br2/c1-3-16-7-9-17(10-8-16)12-19(13-20,14-21)18-6-4-5-15(2)11-18/h4-11H,3,12-14H2,1-2H3. The van der Waals surface area contributed by atoms with Crippen LogP contribution >= 0.6 is 31.9 Å². The van der Waals surface area contributed by atoms with Gasteiger partial charge in [-0.1, -0.05) is 92.9 Å². The summed E-state index contributed by atoms with van der Waals surface area (Å²) < 4.78 is 0. The molecule has 0 nitrogen and oxygen atoms in total. The van der Waals surface area contributed by atoms with E-state index < -0.39 is 0 Å². The topological polar surface area (TPSA) is 0 Å². The maximum atomic E-state index is 3.75. The molecule has 2 aromatic rings. The highest BCUT2D eigenvalue weighted by Gasteiger charge is 2.30. The Bertz CT molecular complexity index is 568. The number of aryl methyl sites for hydroxylation is 2. The first-order chi connectivity index (χ1) is 10.1. The van der Waals surface area contributed by atoms with Crippen LogP contribution in [0.2, 0.25) is 0 Å². The van der Waals surface area contributed by atoms with Crippen LogP contribution in [0, 0.1) is 6.92 Å². The van der Waals surface area contributed by atoms with Crippen molar-refractivity contribution in [1.29, 1.82) is 0 Å². The average Bonchev–Trinajstić information content (AvgIpc) is 2.53. The molecule has 0 spiro atoms. The highest BCUT2D eigenvalue weighted by molar-refractivity contribution is 9.09. The lowest BCUT2D eigenvalue weighted by Gasteiger charge is -2.31. The van der Waals surface area contributed by atoms with Crippen LogP contribution in [0.15, 0.2) is 48.5 Å². The van der Waals surface area contributed by atoms with Gasteiger partial charge in [0, 0.05) is 16.1 Å². The third kappa shape index (κ3) is 3.98. The van der Waals surface area contributed by atoms with Gasteiger partial charge in [0.15, 0.2) is 0 Å². The molecule has 0 N–H and O–H groups in total. The van der Waals surface area contributed by atoms with Crippen LogP contribution in [0.25, 0.3) is 0 Å². The second-order valence-corrected chi connectivity index (χ2v) is 6.89. The second kappa shape index (κ2) is 7.60. The molecular weight excluding hydrogens is 388 g/mol. The smallest absolute Gasteiger partial charge is 0.0187 e. The maximum absolute atomic E-state index is 3.75. The molecular formula is C19H22Br2. The van der Waals surface area contributed by atoms with Crippen LogP contribution in [0.4, 0.5) is 0 Å². The van der Waals surface area contributed by atoms with Crippen molar-refractivity contribution in [2.75, 3.05) is 10.7 Å². The molecule has 0 aliphatic carbocycles. The van der Waals surface area contributed by atoms with Gasteiger partial charge in [0.2, 0.25) is 0 Å². The Balaban J connectivity index is 2.33. The lowest BCUT2D eigenvalue weighted by atomic mass is 9.78. The molecule has 0 aliphatic heterocycles. The van der Waals surface area contributed by atoms with Gasteiger partial charge in [-0.3, -0.25) is 0 Å². The summed E-state index contributed by atoms with van der Waals surface area (Å²) in [5, 5.41) is 1.90. The molecule has 2 rings (SSSR count). The fraction of sp³-hybridized carbons (Fsp3) is 0.368. The van der Waals surface area contributed by atoms with Crippen molar-refractivity contribution in [1.82, 2.24) is 0 Å². The largest absolute Gasteiger partial charge is 0.0918 e. The Morgan fingerprint density at radius 3 is 2.05 bits per heavy atom. The lowest BCUT2D eigenvalue weighted by molar-refractivity contribution is 0.550. The van der Waals surface area contributed by atoms with E-state index in [0.717, 1.165) is 23.5 Å². The Labute approximate surface area is 145 Å². The van der Waals surface area contributed by atoms with E-state index in [4.69, 9.17) is 0 Å². The molecule has 21 heavy (non-hydrogen) atoms. The van der Waals surface area contributed by atoms with E-state index in [1.54, 1.807) is 0 Å². The normalized spacial score (nSPS) is 11.6. The van der Waals surface area contributed by atoms with Gasteiger partial charge in [-0.15, -0.1) is 0 Å². The van der Waals surface area contributed by atoms with Crippen molar-refractivity contribution in [3.8, 4) is 0 Å². The average molecular weight is 410 g/mol. The Morgan fingerprint density at radius 1 is 0.905 bits per heavy atom. The van der Waals surface area contributed by atoms with Crippen molar-refractivity contribution in [3.05, 3.63) is 70.8 Å². The third-order valence-corrected chi connectivity index (χ3v) is 6.26. The minimum absolute atomic E-state index is 0.0970. The molecule has 0 aliphatic rings. The number of alkyl halides is 2. The predicted octanol–water partition coefficient (Wildman–Crippen LogP) is 5.83. The summed E-state index contributed by atoms with van der Waals surface area (Å²) in [4.78, 5) is 0. The van der Waals surface area contributed by atoms with Gasteiger partial charge in [0.1, 0.15) is 0 Å². The van der Waals surface area contributed by atoms with Crippen molar-refractivity contribution in [2.24, 2.45) is 0 Å². The van der Waals surface area contributed by atoms with Gasteiger partial charge in [-0.05, 0) is 36.5 Å². The Kier molecular flexibility index (Phi) is 6.07. The van der Waals surface area contributed by atoms with Gasteiger partial charge < -0.3 is 0 Å². The molecule has 0 unspecified atom stereocenters. The Hall–Kier alpha value is -0.600. The van der Waals surface area contributed by atoms with E-state index in [2.05, 4.69) is 94.2 Å². The first kappa shape index (κ1) is 16.8. The van der Waals surface area contributed by atoms with Crippen molar-refractivity contribution in [3.63, 3.8) is 0 Å². The number of benzene rings is 2. The first-order valence-electron chi connectivity index (χ1n) is 7.40. The summed E-state index contributed by atoms with van der Waals surface area (Å²) in [6, 6.07) is 17.9. The first-order valence-corrected chi connectivity index (χ1v) is 9.65. The van der Waals surface area contributed by atoms with E-state index in [9.17, 15) is 0 Å². The van der Waals surface area contributed by atoms with Gasteiger partial charge in [-0.2, -0.15) is 0 Å². The highest BCUT2D eigenvalue weighted by Crippen LogP contribution is 2.33. The molecule has 0 bridgehead atoms. The Morgan fingerprint density at radius 2 is 1.52 bits per heavy atom. The third-order valence-electron chi connectivity index (χ3n) is 4.12. The van der Waals surface area contributed by atoms with Gasteiger partial charge >= 0.3 is 0 Å². The van der Waals surface area contributed by atoms with Crippen LogP contribution < -0.4 is 0 Å². The summed E-state index contributed by atoms with van der Waals surface area (Å²) >= 11 is 7.50. The molecule has 0 radical (unpaired) electrons. The molecule has 0 aromatic heterocycles. The van der Waals surface area contributed by atoms with Crippen molar-refractivity contribution >= 4 is 31.9 Å². The van der Waals surface area contributed by atoms with E-state index in [1.165, 1.54) is 22.3 Å². The molecule has 0 heterocycles. The van der Waals surface area contributed by atoms with Crippen LogP contribution in [-0.4, -0.2) is 10.7 Å². The molecule has 0 fully saturated rings. The molecule has 0 amide bonds. The molecule has 112 valence electrons. The number of halogens is 2. The predicted molar refractivity (Wildman–Crippen MR) is 100.0 cm³/mol. The van der Waals surface area contributed by atoms with Gasteiger partial charge in [-0.25, -0.2) is 0 Å². The van der Waals surface area contributed by atoms with Crippen molar-refractivity contribution < 1.29 is 0 Å². The summed E-state index contributed by atoms with van der Waals surface area (Å²) in [5.41, 5.74) is 5.61. The van der Waals surface area contributed by atoms with Gasteiger partial charge in [0.05, 0.1) is 0 Å². The molecule has 0 atom stereocenters. The van der Waals surface area contributed by atoms with Crippen LogP contribution in [-0.2, 0) is 18.3 Å². The zero-order chi connectivity index (χ0) is 15.3. The fourth-order valence-corrected chi connectivity index (χ4v) is 4.62. The van der Waals surface area contributed by atoms with Crippen molar-refractivity contribution in [2.45, 2.75) is 32.1 Å². The van der Waals surface area contributed by atoms with E-state index >= 15 is 0 Å². The minimum atomic E-state index is 0.0970. The zero-order valence-electron chi connectivity index (χ0n) is 12.7. The molecule has 2 aromatic carbocycles. The molecule has 0 saturated heterocycles. The van der Waals surface area contributed by atoms with E-state index in [-0.39, 0.29) is 5.41 Å². The molecule has 2 heteroatoms. The maximum Gasteiger partial charge on any atom is 0.0187 e. The number of hydrogen-bond donors (Lipinski definition) is 0. The van der Waals surface area contributed by atoms with Gasteiger partial charge in [0.25, 0.3) is 0 Å². The zero-order valence-corrected chi connectivity index (χ0v) is 15.9. The van der Waals surface area contributed by atoms with Crippen LogP contribution in [0.3, 0.4) is 0 Å². The fourth-order valence-electron chi connectivity index (χ4n) is 2.65. The highest BCUT2D eigenvalue weighted by atomic mass is 79.9. The lowest BCUT2D eigenvalue weighted by Crippen LogP contribution is -2.33. The summed E-state index contributed by atoms with van der Waals surface area (Å²) in [5.74, 6) is 0. The van der Waals surface area contributed by atoms with E-state index in [1.807, 2.05) is 0 Å². The quantitative estimate of drug-likeness (QED) is 0.526. The summed E-state index contributed by atoms with van der Waals surface area (Å²) in [6.45, 7) is 4.36. The van der Waals surface area contributed by atoms with Crippen LogP contribution in [0.1, 0.15) is 29.2 Å². The number of hydrogen-bond acceptors (Lipinski definition) is 0. The summed E-state index contributed by atoms with van der Waals surface area (Å²) in [6.07, 6.45) is 2.14. The summed E-state index contributed by atoms with van der Waals surface area (Å²) in [7, 11) is 0. The SMILES string of the molecule is CCc1ccc(CC(CBr)(CBr)c2cccc(C)c2)cc1. The second-order valence-electron chi connectivity index (χ2n) is 5.76. The monoisotopic (exact) mass is 408 g/mol. The minimum Gasteiger partial charge on any atom is -0.0918 e. The van der Waals surface area contributed by atoms with E-state index in [0.29, 0.717) is 0 Å². The number of rotatable bonds is 6. The molecule has 0 saturated carbocycles. The van der Waals surface area contributed by atoms with Crippen LogP contribution in [0.5, 0.6) is 0 Å².